The average Bonchev–Trinajstić information content (AvgIpc) is 1.62. The highest BCUT2D eigenvalue weighted by atomic mass is 16.7. The average molecular weight is 1750 g/mol. The van der Waals surface area contributed by atoms with E-state index in [1.165, 1.54) is 33.0 Å². The van der Waals surface area contributed by atoms with Crippen molar-refractivity contribution in [3.8, 4) is 12.3 Å². The predicted octanol–water partition coefficient (Wildman–Crippen LogP) is 7.30. The lowest BCUT2D eigenvalue weighted by Gasteiger charge is -2.48. The monoisotopic (exact) mass is 1750 g/mol. The Morgan fingerprint density at radius 1 is 0.584 bits per heavy atom. The maximum atomic E-state index is 14.8. The fourth-order valence-corrected chi connectivity index (χ4v) is 19.2. The van der Waals surface area contributed by atoms with E-state index in [1.54, 1.807) is 147 Å². The molecule has 6 aliphatic rings. The number of esters is 2. The lowest BCUT2D eigenvalue weighted by molar-refractivity contribution is -0.327. The second-order valence-corrected chi connectivity index (χ2v) is 35.5. The molecule has 0 spiro atoms. The van der Waals surface area contributed by atoms with Gasteiger partial charge in [0.25, 0.3) is 0 Å². The molecular formula is C87H130N16O22. The molecule has 9 unspecified atom stereocenters. The first kappa shape index (κ1) is 99.7. The summed E-state index contributed by atoms with van der Waals surface area (Å²) in [5, 5.41) is 72.6. The normalized spacial score (nSPS) is 35.3. The Hall–Kier alpha value is -9.07. The molecule has 38 heteroatoms. The number of hydrogen-bond donors (Lipinski definition) is 4. The molecule has 0 radical (unpaired) electrons. The number of para-hydroxylation sites is 2. The number of hydrogen-bond acceptors (Lipinski definition) is 31. The number of carbonyl (C=O) groups is 8. The highest BCUT2D eigenvalue weighted by Gasteiger charge is 2.63. The van der Waals surface area contributed by atoms with Gasteiger partial charge in [0.05, 0.1) is 77.5 Å². The highest BCUT2D eigenvalue weighted by molar-refractivity contribution is 6.01. The Morgan fingerprint density at radius 2 is 1.04 bits per heavy atom. The van der Waals surface area contributed by atoms with Crippen LogP contribution >= 0.6 is 0 Å². The summed E-state index contributed by atoms with van der Waals surface area (Å²) in [7, 11) is 9.82. The number of ketones is 4. The quantitative estimate of drug-likeness (QED) is 0.00728. The summed E-state index contributed by atoms with van der Waals surface area (Å²) in [6.07, 6.45) is -4.04. The number of benzene rings is 2. The number of aliphatic hydroxyl groups is 4. The second kappa shape index (κ2) is 42.7. The zero-order valence-corrected chi connectivity index (χ0v) is 76.0. The summed E-state index contributed by atoms with van der Waals surface area (Å²) in [4.78, 5) is 122. The second-order valence-electron chi connectivity index (χ2n) is 35.5. The molecule has 0 aliphatic carbocycles. The summed E-state index contributed by atoms with van der Waals surface area (Å²) in [5.74, 6) is -8.24. The van der Waals surface area contributed by atoms with E-state index in [-0.39, 0.29) is 63.3 Å². The maximum absolute atomic E-state index is 14.8. The Labute approximate surface area is 730 Å². The molecule has 4 N–H and O–H groups in total. The van der Waals surface area contributed by atoms with Gasteiger partial charge in [0.1, 0.15) is 71.1 Å². The Morgan fingerprint density at radius 3 is 1.50 bits per heavy atom. The molecule has 11 rings (SSSR count). The van der Waals surface area contributed by atoms with Crippen molar-refractivity contribution in [1.82, 2.24) is 64.6 Å². The third-order valence-electron chi connectivity index (χ3n) is 26.2. The lowest BCUT2D eigenvalue weighted by atomic mass is 9.73. The van der Waals surface area contributed by atoms with Crippen LogP contribution in [0, 0.1) is 59.7 Å². The first-order valence-electron chi connectivity index (χ1n) is 43.3. The molecule has 38 nitrogen and oxygen atoms in total. The Balaban J connectivity index is 0.000000253. The van der Waals surface area contributed by atoms with E-state index in [1.807, 2.05) is 54.7 Å². The summed E-state index contributed by atoms with van der Waals surface area (Å²) in [6.45, 7) is 27.1. The van der Waals surface area contributed by atoms with Crippen LogP contribution in [0.4, 0.5) is 9.59 Å². The zero-order valence-electron chi connectivity index (χ0n) is 76.0. The van der Waals surface area contributed by atoms with Gasteiger partial charge in [-0.1, -0.05) is 106 Å². The molecule has 5 aromatic rings. The predicted molar refractivity (Wildman–Crippen MR) is 453 cm³/mol. The fraction of sp³-hybridized carbons (Fsp3) is 0.724. The number of terminal acetylenes is 1. The Bertz CT molecular complexity index is 4630. The first-order valence-corrected chi connectivity index (χ1v) is 43.3. The van der Waals surface area contributed by atoms with Crippen molar-refractivity contribution in [2.24, 2.45) is 52.5 Å². The minimum atomic E-state index is -1.45. The van der Waals surface area contributed by atoms with Crippen LogP contribution in [0.2, 0.25) is 0 Å². The van der Waals surface area contributed by atoms with E-state index in [2.05, 4.69) is 46.9 Å². The van der Waals surface area contributed by atoms with Crippen LogP contribution in [0.5, 0.6) is 0 Å². The fourth-order valence-electron chi connectivity index (χ4n) is 19.2. The van der Waals surface area contributed by atoms with Crippen LogP contribution in [-0.2, 0) is 95.8 Å². The number of likely N-dealkylation sites (N-methyl/N-ethyl adjacent to an activating group) is 2. The number of cyclic esters (lactones) is 2. The molecule has 6 fully saturated rings. The van der Waals surface area contributed by atoms with Gasteiger partial charge in [-0.2, -0.15) is 0 Å². The van der Waals surface area contributed by atoms with Gasteiger partial charge in [-0.3, -0.25) is 33.4 Å². The number of aliphatic hydroxyl groups excluding tert-OH is 4. The van der Waals surface area contributed by atoms with E-state index in [4.69, 9.17) is 59.3 Å². The van der Waals surface area contributed by atoms with Crippen LogP contribution in [-0.4, -0.2) is 309 Å². The number of rotatable bonds is 23. The lowest BCUT2D eigenvalue weighted by Crippen LogP contribution is -2.64. The standard InChI is InChI=1S/C44H66N8O11.C34H57N5O11.C9H7N3/c1-12-32-44(8)38(51(42(58)63-44)20-16-15-19-50-22-29(45-47-50)23-52-31-18-14-13-17-30(31)46-48-52)25(3)34(53)24(2)21-43(7,59-11)39(26(4)35(54)27(5)40(57)61-32)62-41-37(56)33(49(9)10)36(55)28(6)60-41;1-11-23-34(7)28(39(32(45)50-34)15-13-12-14-36-37-35)19(3)25(41)18(2)17-33(6,46-10)29(20(4)26(42)21(5)30(44)47-23)49-31-27(43)22(38(8)9)16-24(40)48-31;1-2-7-12-9-6-4-3-5-8(9)10-11-12/h13-14,17-18,22,24-28,32-33,36-39,41,55-56H,12,15-16,19-21,23H2,1-11H3;18-24,27-29,31,40,43H,11-17H2,1-10H3;1,3-6H,7H2/t24-,25+,26+,27-,28?,32-,33?,36?,37?,38-,39-,41?,43+,44-;18-,19+,20+,21-,22?,23-,24?,27?,28-,29-,31?,33+,34-;/m11./s1. The number of unbranched alkanes of at least 4 members (excludes halogenated alkanes) is 2. The number of amides is 2. The first-order chi connectivity index (χ1) is 59.0. The van der Waals surface area contributed by atoms with Crippen molar-refractivity contribution in [3.63, 3.8) is 0 Å². The number of azide groups is 1. The van der Waals surface area contributed by atoms with Crippen LogP contribution in [0.25, 0.3) is 32.5 Å². The van der Waals surface area contributed by atoms with Crippen molar-refractivity contribution in [1.29, 1.82) is 0 Å². The van der Waals surface area contributed by atoms with Crippen LogP contribution in [0.1, 0.15) is 167 Å². The SMILES string of the molecule is C#CCn1nnc2ccccc21.CC[C@H]1OC(=O)[C@H](C)C(=O)[C@H](C)[C@@H](OC2OC(C)C(O)C(N(C)C)C2O)[C@@](C)(OC)C[C@@H](C)C(=O)[C@H](C)[C@H]2N(CCCCn3cc(Cn4nnc5ccccc54)nn3)C(=O)O[C@]12C.CC[C@H]1OC(=O)[C@H](C)C(=O)[C@H](C)[C@@H](OC2OC(O)CC(N(C)C)C2O)[C@@](C)(OC)C[C@@H](C)C(=O)[C@H](C)[C@H]2N(CCCCN=[N+]=[N-])C(=O)O[C@]12C. The number of fused-ring (bicyclic) bond motifs is 4. The third kappa shape index (κ3) is 21.9. The van der Waals surface area contributed by atoms with Gasteiger partial charge in [0.15, 0.2) is 41.6 Å². The molecule has 125 heavy (non-hydrogen) atoms. The maximum Gasteiger partial charge on any atom is 0.410 e. The van der Waals surface area contributed by atoms with Crippen molar-refractivity contribution in [2.75, 3.05) is 62.0 Å². The van der Waals surface area contributed by atoms with E-state index in [0.717, 1.165) is 22.1 Å². The minimum absolute atomic E-state index is 0.0534. The molecule has 0 saturated carbocycles. The number of nitrogens with zero attached hydrogens (tertiary/aromatic N) is 16. The number of aromatic nitrogens is 9. The Kier molecular flexibility index (Phi) is 34.1. The van der Waals surface area contributed by atoms with Gasteiger partial charge in [-0.25, -0.2) is 19.0 Å². The largest absolute Gasteiger partial charge is 0.458 e. The minimum Gasteiger partial charge on any atom is -0.458 e. The number of methoxy groups -OCH3 is 2. The van der Waals surface area contributed by atoms with Crippen molar-refractivity contribution < 1.29 is 106 Å². The molecule has 27 atom stereocenters. The van der Waals surface area contributed by atoms with Gasteiger partial charge in [-0.15, -0.1) is 21.7 Å². The summed E-state index contributed by atoms with van der Waals surface area (Å²) >= 11 is 0. The van der Waals surface area contributed by atoms with E-state index >= 15 is 0 Å². The van der Waals surface area contributed by atoms with Crippen molar-refractivity contribution in [2.45, 2.75) is 296 Å². The molecule has 690 valence electrons. The molecule has 6 saturated heterocycles. The topological polar surface area (TPSA) is 464 Å². The molecule has 2 aromatic carbocycles. The van der Waals surface area contributed by atoms with Gasteiger partial charge >= 0.3 is 24.1 Å². The number of ether oxygens (including phenoxy) is 10. The van der Waals surface area contributed by atoms with Crippen molar-refractivity contribution in [3.05, 3.63) is 70.9 Å². The zero-order chi connectivity index (χ0) is 92.2. The molecule has 6 aliphatic heterocycles. The van der Waals surface area contributed by atoms with E-state index < -0.39 is 197 Å². The molecular weight excluding hydrogens is 1620 g/mol. The van der Waals surface area contributed by atoms with Gasteiger partial charge in [0.2, 0.25) is 0 Å². The smallest absolute Gasteiger partial charge is 0.410 e. The molecule has 9 heterocycles. The summed E-state index contributed by atoms with van der Waals surface area (Å²) in [6, 6.07) is 12.4. The summed E-state index contributed by atoms with van der Waals surface area (Å²) in [5.41, 5.74) is 7.31. The van der Waals surface area contributed by atoms with Gasteiger partial charge in [-0.05, 0) is 158 Å². The van der Waals surface area contributed by atoms with Crippen LogP contribution in [0.15, 0.2) is 59.8 Å². The number of carbonyl (C=O) groups excluding carboxylic acids is 8. The third-order valence-corrected chi connectivity index (χ3v) is 26.2. The molecule has 3 aromatic heterocycles. The highest BCUT2D eigenvalue weighted by Crippen LogP contribution is 2.47. The molecule has 0 bridgehead atoms. The van der Waals surface area contributed by atoms with E-state index in [9.17, 15) is 58.8 Å². The van der Waals surface area contributed by atoms with Gasteiger partial charge in [0, 0.05) is 93.3 Å². The molecule has 2 amide bonds. The van der Waals surface area contributed by atoms with Crippen molar-refractivity contribution >= 4 is 69.3 Å². The number of aryl methyl sites for hydroxylation is 1. The summed E-state index contributed by atoms with van der Waals surface area (Å²) < 4.78 is 66.3. The number of Topliss-reactive ketones (excluding diaryl/α,β-unsaturated/α-hetero) is 4. The van der Waals surface area contributed by atoms with E-state index in [0.29, 0.717) is 51.0 Å². The van der Waals surface area contributed by atoms with Crippen LogP contribution < -0.4 is 0 Å². The van der Waals surface area contributed by atoms with Crippen LogP contribution in [0.3, 0.4) is 0 Å². The van der Waals surface area contributed by atoms with Gasteiger partial charge < -0.3 is 87.4 Å².